The van der Waals surface area contributed by atoms with E-state index in [0.717, 1.165) is 0 Å². The topological polar surface area (TPSA) is 41.1 Å². The number of likely N-dealkylation sites (N-methyl/N-ethyl adjacent to an activating group) is 1. The molecule has 0 bridgehead atoms. The number of hydrogen-bond donors (Lipinski definition) is 2. The van der Waals surface area contributed by atoms with E-state index in [1.165, 1.54) is 36.0 Å². The Bertz CT molecular complexity index is 466. The first kappa shape index (κ1) is 14.1. The van der Waals surface area contributed by atoms with Gasteiger partial charge in [0.2, 0.25) is 5.91 Å². The predicted molar refractivity (Wildman–Crippen MR) is 78.4 cm³/mol. The molecule has 0 saturated carbocycles. The molecule has 1 aliphatic carbocycles. The Hall–Kier alpha value is -1.35. The van der Waals surface area contributed by atoms with Crippen LogP contribution in [0.2, 0.25) is 0 Å². The Morgan fingerprint density at radius 2 is 2.00 bits per heavy atom. The number of aryl methyl sites for hydroxylation is 2. The number of fused-ring (bicyclic) bond motifs is 1. The summed E-state index contributed by atoms with van der Waals surface area (Å²) in [6, 6.07) is 6.80. The van der Waals surface area contributed by atoms with Gasteiger partial charge in [-0.05, 0) is 43.0 Å². The molecule has 1 amide bonds. The minimum absolute atomic E-state index is 0.0268. The standard InChI is InChI=1S/C16H24N2O/c1-16(2,11-18-15(19)10-17-3)14-8-7-12-5-4-6-13(12)9-14/h7-9,17H,4-6,10-11H2,1-3H3,(H,18,19). The van der Waals surface area contributed by atoms with E-state index in [1.54, 1.807) is 7.05 Å². The zero-order valence-electron chi connectivity index (χ0n) is 12.2. The van der Waals surface area contributed by atoms with E-state index in [4.69, 9.17) is 0 Å². The summed E-state index contributed by atoms with van der Waals surface area (Å²) in [6.07, 6.45) is 3.69. The summed E-state index contributed by atoms with van der Waals surface area (Å²) in [6.45, 7) is 5.42. The first-order valence-corrected chi connectivity index (χ1v) is 7.06. The highest BCUT2D eigenvalue weighted by Crippen LogP contribution is 2.29. The fourth-order valence-electron chi connectivity index (χ4n) is 2.64. The molecule has 1 aliphatic rings. The van der Waals surface area contributed by atoms with E-state index in [1.807, 2.05) is 0 Å². The summed E-state index contributed by atoms with van der Waals surface area (Å²) >= 11 is 0. The lowest BCUT2D eigenvalue weighted by Gasteiger charge is -2.26. The molecular weight excluding hydrogens is 236 g/mol. The van der Waals surface area contributed by atoms with Crippen molar-refractivity contribution in [2.75, 3.05) is 20.1 Å². The van der Waals surface area contributed by atoms with Gasteiger partial charge in [0, 0.05) is 12.0 Å². The second-order valence-electron chi connectivity index (χ2n) is 6.03. The van der Waals surface area contributed by atoms with Crippen LogP contribution >= 0.6 is 0 Å². The molecule has 19 heavy (non-hydrogen) atoms. The highest BCUT2D eigenvalue weighted by Gasteiger charge is 2.23. The highest BCUT2D eigenvalue weighted by molar-refractivity contribution is 5.78. The Morgan fingerprint density at radius 3 is 2.74 bits per heavy atom. The molecule has 0 unspecified atom stereocenters. The Labute approximate surface area is 115 Å². The first-order valence-electron chi connectivity index (χ1n) is 7.06. The van der Waals surface area contributed by atoms with Crippen molar-refractivity contribution in [3.8, 4) is 0 Å². The van der Waals surface area contributed by atoms with E-state index < -0.39 is 0 Å². The second-order valence-corrected chi connectivity index (χ2v) is 6.03. The van der Waals surface area contributed by atoms with Crippen LogP contribution in [0, 0.1) is 0 Å². The molecule has 104 valence electrons. The Kier molecular flexibility index (Phi) is 4.25. The van der Waals surface area contributed by atoms with Crippen LogP contribution in [0.15, 0.2) is 18.2 Å². The van der Waals surface area contributed by atoms with Gasteiger partial charge in [0.15, 0.2) is 0 Å². The molecule has 0 heterocycles. The molecule has 0 fully saturated rings. The van der Waals surface area contributed by atoms with Crippen LogP contribution in [0.25, 0.3) is 0 Å². The van der Waals surface area contributed by atoms with Gasteiger partial charge in [-0.25, -0.2) is 0 Å². The third-order valence-corrected chi connectivity index (χ3v) is 3.94. The van der Waals surface area contributed by atoms with Crippen molar-refractivity contribution >= 4 is 5.91 Å². The van der Waals surface area contributed by atoms with Crippen LogP contribution in [-0.4, -0.2) is 26.0 Å². The van der Waals surface area contributed by atoms with Gasteiger partial charge in [-0.3, -0.25) is 4.79 Å². The Morgan fingerprint density at radius 1 is 1.26 bits per heavy atom. The van der Waals surface area contributed by atoms with Crippen molar-refractivity contribution in [1.82, 2.24) is 10.6 Å². The molecule has 3 nitrogen and oxygen atoms in total. The fraction of sp³-hybridized carbons (Fsp3) is 0.562. The van der Waals surface area contributed by atoms with Crippen molar-refractivity contribution < 1.29 is 4.79 Å². The van der Waals surface area contributed by atoms with Crippen molar-refractivity contribution in [3.63, 3.8) is 0 Å². The quantitative estimate of drug-likeness (QED) is 0.847. The molecule has 0 radical (unpaired) electrons. The Balaban J connectivity index is 2.04. The maximum Gasteiger partial charge on any atom is 0.233 e. The van der Waals surface area contributed by atoms with Crippen molar-refractivity contribution in [3.05, 3.63) is 34.9 Å². The van der Waals surface area contributed by atoms with Crippen molar-refractivity contribution in [2.24, 2.45) is 0 Å². The van der Waals surface area contributed by atoms with Crippen LogP contribution in [0.5, 0.6) is 0 Å². The maximum absolute atomic E-state index is 11.5. The molecule has 1 aromatic rings. The number of carbonyl (C=O) groups excluding carboxylic acids is 1. The lowest BCUT2D eigenvalue weighted by atomic mass is 9.83. The van der Waals surface area contributed by atoms with Crippen LogP contribution in [0.4, 0.5) is 0 Å². The summed E-state index contributed by atoms with van der Waals surface area (Å²) in [4.78, 5) is 11.5. The molecule has 1 aromatic carbocycles. The average molecular weight is 260 g/mol. The summed E-state index contributed by atoms with van der Waals surface area (Å²) in [7, 11) is 1.78. The van der Waals surface area contributed by atoms with Crippen LogP contribution in [0.3, 0.4) is 0 Å². The predicted octanol–water partition coefficient (Wildman–Crippen LogP) is 1.79. The maximum atomic E-state index is 11.5. The lowest BCUT2D eigenvalue weighted by Crippen LogP contribution is -2.40. The van der Waals surface area contributed by atoms with Gasteiger partial charge in [-0.1, -0.05) is 32.0 Å². The van der Waals surface area contributed by atoms with Gasteiger partial charge in [0.05, 0.1) is 6.54 Å². The summed E-state index contributed by atoms with van der Waals surface area (Å²) in [5.41, 5.74) is 4.28. The normalized spacial score (nSPS) is 14.3. The first-order chi connectivity index (χ1) is 9.03. The SMILES string of the molecule is CNCC(=O)NCC(C)(C)c1ccc2c(c1)CCC2. The minimum atomic E-state index is -0.0268. The van der Waals surface area contributed by atoms with E-state index in [0.29, 0.717) is 13.1 Å². The molecule has 0 aromatic heterocycles. The minimum Gasteiger partial charge on any atom is -0.354 e. The van der Waals surface area contributed by atoms with Gasteiger partial charge >= 0.3 is 0 Å². The van der Waals surface area contributed by atoms with Crippen molar-refractivity contribution in [1.29, 1.82) is 0 Å². The molecule has 2 rings (SSSR count). The zero-order chi connectivity index (χ0) is 13.9. The van der Waals surface area contributed by atoms with Crippen LogP contribution in [-0.2, 0) is 23.1 Å². The van der Waals surface area contributed by atoms with E-state index in [2.05, 4.69) is 42.7 Å². The number of benzene rings is 1. The van der Waals surface area contributed by atoms with E-state index in [-0.39, 0.29) is 11.3 Å². The van der Waals surface area contributed by atoms with Crippen LogP contribution < -0.4 is 10.6 Å². The average Bonchev–Trinajstić information content (AvgIpc) is 2.84. The largest absolute Gasteiger partial charge is 0.354 e. The number of nitrogens with one attached hydrogen (secondary N) is 2. The van der Waals surface area contributed by atoms with Gasteiger partial charge in [-0.15, -0.1) is 0 Å². The van der Waals surface area contributed by atoms with Gasteiger partial charge in [0.1, 0.15) is 0 Å². The smallest absolute Gasteiger partial charge is 0.233 e. The second kappa shape index (κ2) is 5.74. The number of carbonyl (C=O) groups is 1. The molecular formula is C16H24N2O. The number of rotatable bonds is 5. The van der Waals surface area contributed by atoms with E-state index >= 15 is 0 Å². The van der Waals surface area contributed by atoms with Crippen LogP contribution in [0.1, 0.15) is 37.0 Å². The monoisotopic (exact) mass is 260 g/mol. The number of hydrogen-bond acceptors (Lipinski definition) is 2. The molecule has 0 aliphatic heterocycles. The molecule has 3 heteroatoms. The lowest BCUT2D eigenvalue weighted by molar-refractivity contribution is -0.120. The van der Waals surface area contributed by atoms with Gasteiger partial charge in [-0.2, -0.15) is 0 Å². The summed E-state index contributed by atoms with van der Waals surface area (Å²) < 4.78 is 0. The van der Waals surface area contributed by atoms with Gasteiger partial charge in [0.25, 0.3) is 0 Å². The molecule has 0 saturated heterocycles. The molecule has 2 N–H and O–H groups in total. The fourth-order valence-corrected chi connectivity index (χ4v) is 2.64. The number of amides is 1. The van der Waals surface area contributed by atoms with Gasteiger partial charge < -0.3 is 10.6 Å². The molecule has 0 atom stereocenters. The summed E-state index contributed by atoms with van der Waals surface area (Å²) in [5.74, 6) is 0.0525. The summed E-state index contributed by atoms with van der Waals surface area (Å²) in [5, 5.41) is 5.85. The molecule has 0 spiro atoms. The van der Waals surface area contributed by atoms with Crippen molar-refractivity contribution in [2.45, 2.75) is 38.5 Å². The van der Waals surface area contributed by atoms with E-state index in [9.17, 15) is 4.79 Å². The third-order valence-electron chi connectivity index (χ3n) is 3.94. The highest BCUT2D eigenvalue weighted by atomic mass is 16.1. The third kappa shape index (κ3) is 3.35. The zero-order valence-corrected chi connectivity index (χ0v) is 12.2.